The number of carbonyl (C=O) groups is 2. The van der Waals surface area contributed by atoms with Crippen LogP contribution in [0.1, 0.15) is 25.5 Å². The zero-order valence-corrected chi connectivity index (χ0v) is 16.6. The first-order valence-electron chi connectivity index (χ1n) is 9.14. The molecule has 2 aromatic carbocycles. The van der Waals surface area contributed by atoms with Crippen molar-refractivity contribution in [1.82, 2.24) is 9.88 Å². The van der Waals surface area contributed by atoms with Crippen LogP contribution in [0.3, 0.4) is 0 Å². The summed E-state index contributed by atoms with van der Waals surface area (Å²) in [6, 6.07) is 16.5. The van der Waals surface area contributed by atoms with Crippen LogP contribution < -0.4 is 0 Å². The summed E-state index contributed by atoms with van der Waals surface area (Å²) >= 11 is 1.15. The Morgan fingerprint density at radius 3 is 2.43 bits per heavy atom. The first kappa shape index (κ1) is 19.9. The Hall–Kier alpha value is -2.80. The van der Waals surface area contributed by atoms with Crippen molar-refractivity contribution in [1.29, 1.82) is 0 Å². The number of hydrogen-bond donors (Lipinski definition) is 0. The Labute approximate surface area is 167 Å². The molecule has 146 valence electrons. The molecular formula is C21H22N2O4S. The number of oxazole rings is 1. The number of carbonyl (C=O) groups excluding carboxylic acids is 2. The summed E-state index contributed by atoms with van der Waals surface area (Å²) in [4.78, 5) is 31.3. The summed E-state index contributed by atoms with van der Waals surface area (Å²) in [7, 11) is 0. The number of nitrogens with zero attached hydrogens (tertiary/aromatic N) is 2. The molecule has 0 aliphatic heterocycles. The number of rotatable bonds is 8. The molecule has 1 aromatic heterocycles. The number of aromatic nitrogens is 1. The summed E-state index contributed by atoms with van der Waals surface area (Å²) in [6.45, 7) is 4.89. The molecule has 1 atom stereocenters. The third kappa shape index (κ3) is 4.72. The fraction of sp³-hybridized carbons (Fsp3) is 0.286. The molecule has 0 saturated heterocycles. The predicted molar refractivity (Wildman–Crippen MR) is 108 cm³/mol. The van der Waals surface area contributed by atoms with Gasteiger partial charge in [-0.1, -0.05) is 54.2 Å². The fourth-order valence-corrected chi connectivity index (χ4v) is 3.41. The lowest BCUT2D eigenvalue weighted by Gasteiger charge is -2.25. The van der Waals surface area contributed by atoms with Crippen LogP contribution in [-0.4, -0.2) is 40.6 Å². The summed E-state index contributed by atoms with van der Waals surface area (Å²) in [5, 5.41) is 0.393. The van der Waals surface area contributed by atoms with E-state index < -0.39 is 12.1 Å². The number of thioether (sulfide) groups is 1. The van der Waals surface area contributed by atoms with E-state index in [-0.39, 0.29) is 11.7 Å². The van der Waals surface area contributed by atoms with Crippen LogP contribution in [0.2, 0.25) is 0 Å². The van der Waals surface area contributed by atoms with E-state index in [1.54, 1.807) is 17.0 Å². The number of benzene rings is 2. The number of hydrogen-bond acceptors (Lipinski definition) is 6. The number of esters is 1. The van der Waals surface area contributed by atoms with Crippen molar-refractivity contribution in [2.75, 3.05) is 18.8 Å². The van der Waals surface area contributed by atoms with Gasteiger partial charge in [0.05, 0.1) is 0 Å². The molecule has 0 N–H and O–H groups in total. The maximum atomic E-state index is 12.8. The van der Waals surface area contributed by atoms with Crippen LogP contribution in [0.5, 0.6) is 0 Å². The normalized spacial score (nSPS) is 11.9. The van der Waals surface area contributed by atoms with Crippen molar-refractivity contribution < 1.29 is 18.7 Å². The van der Waals surface area contributed by atoms with Crippen molar-refractivity contribution in [3.8, 4) is 0 Å². The van der Waals surface area contributed by atoms with Gasteiger partial charge < -0.3 is 14.1 Å². The Kier molecular flexibility index (Phi) is 6.71. The van der Waals surface area contributed by atoms with Gasteiger partial charge in [0, 0.05) is 18.7 Å². The second-order valence-corrected chi connectivity index (χ2v) is 6.95. The third-order valence-electron chi connectivity index (χ3n) is 4.24. The monoisotopic (exact) mass is 398 g/mol. The van der Waals surface area contributed by atoms with Gasteiger partial charge in [-0.25, -0.2) is 4.98 Å². The lowest BCUT2D eigenvalue weighted by Crippen LogP contribution is -2.37. The van der Waals surface area contributed by atoms with Crippen LogP contribution in [0.15, 0.2) is 64.2 Å². The van der Waals surface area contributed by atoms with E-state index in [1.165, 1.54) is 0 Å². The van der Waals surface area contributed by atoms with E-state index in [9.17, 15) is 9.59 Å². The summed E-state index contributed by atoms with van der Waals surface area (Å²) in [6.07, 6.45) is -0.960. The average molecular weight is 398 g/mol. The Morgan fingerprint density at radius 2 is 1.75 bits per heavy atom. The van der Waals surface area contributed by atoms with Crippen molar-refractivity contribution >= 4 is 34.7 Å². The quantitative estimate of drug-likeness (QED) is 0.421. The van der Waals surface area contributed by atoms with Gasteiger partial charge in [0.15, 0.2) is 5.58 Å². The number of amides is 1. The topological polar surface area (TPSA) is 72.6 Å². The molecule has 0 unspecified atom stereocenters. The highest BCUT2D eigenvalue weighted by molar-refractivity contribution is 7.99. The van der Waals surface area contributed by atoms with Crippen LogP contribution in [0, 0.1) is 0 Å². The van der Waals surface area contributed by atoms with Crippen molar-refractivity contribution in [2.45, 2.75) is 25.2 Å². The van der Waals surface area contributed by atoms with Crippen molar-refractivity contribution in [3.05, 3.63) is 60.2 Å². The standard InChI is InChI=1S/C21H22N2O4S/c1-3-23(4-2)20(25)19(15-10-6-5-7-11-15)27-18(24)14-28-21-22-16-12-8-9-13-17(16)26-21/h5-13,19H,3-4,14H2,1-2H3/t19-/m1/s1. The maximum Gasteiger partial charge on any atom is 0.317 e. The molecule has 0 radical (unpaired) electrons. The van der Waals surface area contributed by atoms with Gasteiger partial charge >= 0.3 is 5.97 Å². The maximum absolute atomic E-state index is 12.8. The molecule has 6 nitrogen and oxygen atoms in total. The summed E-state index contributed by atoms with van der Waals surface area (Å²) < 4.78 is 11.2. The van der Waals surface area contributed by atoms with E-state index in [0.717, 1.165) is 17.3 Å². The van der Waals surface area contributed by atoms with Crippen LogP contribution in [0.25, 0.3) is 11.1 Å². The molecule has 1 amide bonds. The minimum atomic E-state index is -0.960. The van der Waals surface area contributed by atoms with Gasteiger partial charge in [-0.05, 0) is 26.0 Å². The van der Waals surface area contributed by atoms with E-state index in [4.69, 9.17) is 9.15 Å². The molecular weight excluding hydrogens is 376 g/mol. The molecule has 0 saturated carbocycles. The molecule has 28 heavy (non-hydrogen) atoms. The SMILES string of the molecule is CCN(CC)C(=O)[C@H](OC(=O)CSc1nc2ccccc2o1)c1ccccc1. The van der Waals surface area contributed by atoms with E-state index in [2.05, 4.69) is 4.98 Å². The van der Waals surface area contributed by atoms with Crippen LogP contribution in [-0.2, 0) is 14.3 Å². The smallest absolute Gasteiger partial charge is 0.317 e. The molecule has 0 fully saturated rings. The minimum absolute atomic E-state index is 0.00167. The molecule has 3 rings (SSSR count). The number of fused-ring (bicyclic) bond motifs is 1. The van der Waals surface area contributed by atoms with Crippen LogP contribution in [0.4, 0.5) is 0 Å². The van der Waals surface area contributed by atoms with E-state index >= 15 is 0 Å². The first-order valence-corrected chi connectivity index (χ1v) is 10.1. The second-order valence-electron chi connectivity index (χ2n) is 6.03. The van der Waals surface area contributed by atoms with Crippen LogP contribution >= 0.6 is 11.8 Å². The molecule has 0 aliphatic rings. The first-order chi connectivity index (χ1) is 13.6. The molecule has 0 spiro atoms. The van der Waals surface area contributed by atoms with Crippen molar-refractivity contribution in [3.63, 3.8) is 0 Å². The summed E-state index contributed by atoms with van der Waals surface area (Å²) in [5.41, 5.74) is 2.05. The largest absolute Gasteiger partial charge is 0.447 e. The summed E-state index contributed by atoms with van der Waals surface area (Å²) in [5.74, 6) is -0.722. The highest BCUT2D eigenvalue weighted by Gasteiger charge is 2.28. The number of para-hydroxylation sites is 2. The average Bonchev–Trinajstić information content (AvgIpc) is 3.15. The fourth-order valence-electron chi connectivity index (χ4n) is 2.79. The van der Waals surface area contributed by atoms with Gasteiger partial charge in [0.25, 0.3) is 11.1 Å². The lowest BCUT2D eigenvalue weighted by molar-refractivity contribution is -0.158. The number of likely N-dealkylation sites (N-methyl/N-ethyl adjacent to an activating group) is 1. The highest BCUT2D eigenvalue weighted by atomic mass is 32.2. The minimum Gasteiger partial charge on any atom is -0.447 e. The van der Waals surface area contributed by atoms with Gasteiger partial charge in [0.2, 0.25) is 6.10 Å². The Balaban J connectivity index is 1.69. The molecule has 1 heterocycles. The van der Waals surface area contributed by atoms with Gasteiger partial charge in [0.1, 0.15) is 11.3 Å². The second kappa shape index (κ2) is 9.41. The molecule has 0 aliphatic carbocycles. The van der Waals surface area contributed by atoms with E-state index in [0.29, 0.717) is 29.5 Å². The highest BCUT2D eigenvalue weighted by Crippen LogP contribution is 2.25. The number of ether oxygens (including phenoxy) is 1. The third-order valence-corrected chi connectivity index (χ3v) is 5.04. The predicted octanol–water partition coefficient (Wildman–Crippen LogP) is 4.07. The van der Waals surface area contributed by atoms with Gasteiger partial charge in [-0.15, -0.1) is 0 Å². The lowest BCUT2D eigenvalue weighted by atomic mass is 10.1. The van der Waals surface area contributed by atoms with Gasteiger partial charge in [-0.2, -0.15) is 0 Å². The van der Waals surface area contributed by atoms with E-state index in [1.807, 2.05) is 56.3 Å². The Bertz CT molecular complexity index is 905. The zero-order chi connectivity index (χ0) is 19.9. The molecule has 0 bridgehead atoms. The van der Waals surface area contributed by atoms with Gasteiger partial charge in [-0.3, -0.25) is 9.59 Å². The Morgan fingerprint density at radius 1 is 1.07 bits per heavy atom. The van der Waals surface area contributed by atoms with Crippen molar-refractivity contribution in [2.24, 2.45) is 0 Å². The molecule has 7 heteroatoms. The molecule has 3 aromatic rings. The zero-order valence-electron chi connectivity index (χ0n) is 15.8.